The first kappa shape index (κ1) is 16.7. The van der Waals surface area contributed by atoms with Gasteiger partial charge in [0.05, 0.1) is 19.6 Å². The minimum absolute atomic E-state index is 0.150. The Morgan fingerprint density at radius 2 is 1.95 bits per heavy atom. The van der Waals surface area contributed by atoms with Gasteiger partial charge >= 0.3 is 5.97 Å². The average molecular weight is 287 g/mol. The van der Waals surface area contributed by atoms with Gasteiger partial charge in [-0.05, 0) is 31.6 Å². The van der Waals surface area contributed by atoms with E-state index in [4.69, 9.17) is 9.16 Å². The summed E-state index contributed by atoms with van der Waals surface area (Å²) >= 11 is 0. The number of carbonyl (C=O) groups is 1. The van der Waals surface area contributed by atoms with Gasteiger partial charge in [0.2, 0.25) is 0 Å². The van der Waals surface area contributed by atoms with Crippen LogP contribution in [0.4, 0.5) is 0 Å². The maximum absolute atomic E-state index is 11.5. The molecule has 2 atom stereocenters. The Balaban J connectivity index is 2.74. The molecule has 5 heteroatoms. The maximum Gasteiger partial charge on any atom is 0.307 e. The third kappa shape index (κ3) is 4.03. The highest BCUT2D eigenvalue weighted by atomic mass is 28.4. The third-order valence-electron chi connectivity index (χ3n) is 4.62. The number of rotatable bonds is 4. The van der Waals surface area contributed by atoms with E-state index in [9.17, 15) is 4.79 Å². The maximum atomic E-state index is 11.5. The second-order valence-corrected chi connectivity index (χ2v) is 11.8. The molecular weight excluding hydrogens is 258 g/mol. The monoisotopic (exact) mass is 287 g/mol. The number of carbonyl (C=O) groups excluding carboxylic acids is 1. The summed E-state index contributed by atoms with van der Waals surface area (Å²) in [6.45, 7) is 12.2. The highest BCUT2D eigenvalue weighted by molar-refractivity contribution is 6.74. The number of esters is 1. The summed E-state index contributed by atoms with van der Waals surface area (Å²) in [6, 6.07) is 0.154. The molecule has 19 heavy (non-hydrogen) atoms. The number of methoxy groups -OCH3 is 1. The number of likely N-dealkylation sites (tertiary alicyclic amines) is 1. The Kier molecular flexibility index (Phi) is 5.20. The van der Waals surface area contributed by atoms with Crippen molar-refractivity contribution in [3.8, 4) is 0 Å². The number of nitrogens with zero attached hydrogens (tertiary/aromatic N) is 1. The van der Waals surface area contributed by atoms with Gasteiger partial charge in [0.15, 0.2) is 8.32 Å². The van der Waals surface area contributed by atoms with E-state index in [1.807, 2.05) is 0 Å². The lowest BCUT2D eigenvalue weighted by Crippen LogP contribution is -2.47. The summed E-state index contributed by atoms with van der Waals surface area (Å²) in [5.74, 6) is -0.150. The first-order chi connectivity index (χ1) is 8.58. The zero-order valence-corrected chi connectivity index (χ0v) is 14.4. The minimum Gasteiger partial charge on any atom is -0.469 e. The molecule has 0 radical (unpaired) electrons. The molecule has 0 N–H and O–H groups in total. The van der Waals surface area contributed by atoms with Gasteiger partial charge in [-0.25, -0.2) is 0 Å². The van der Waals surface area contributed by atoms with Crippen molar-refractivity contribution in [2.24, 2.45) is 0 Å². The molecule has 0 spiro atoms. The molecule has 1 aliphatic rings. The van der Waals surface area contributed by atoms with Crippen LogP contribution in [-0.4, -0.2) is 52.0 Å². The summed E-state index contributed by atoms with van der Waals surface area (Å²) in [6.07, 6.45) is 1.58. The summed E-state index contributed by atoms with van der Waals surface area (Å²) in [5.41, 5.74) is 0. The van der Waals surface area contributed by atoms with Gasteiger partial charge in [-0.15, -0.1) is 0 Å². The molecule has 0 aliphatic carbocycles. The van der Waals surface area contributed by atoms with E-state index in [0.717, 1.165) is 13.0 Å². The van der Waals surface area contributed by atoms with Crippen LogP contribution in [0.3, 0.4) is 0 Å². The molecule has 1 saturated heterocycles. The van der Waals surface area contributed by atoms with E-state index in [0.29, 0.717) is 6.42 Å². The highest BCUT2D eigenvalue weighted by Crippen LogP contribution is 2.39. The second kappa shape index (κ2) is 5.93. The van der Waals surface area contributed by atoms with Crippen LogP contribution in [0.5, 0.6) is 0 Å². The quantitative estimate of drug-likeness (QED) is 0.588. The Hall–Kier alpha value is -0.393. The van der Waals surface area contributed by atoms with Crippen molar-refractivity contribution >= 4 is 14.3 Å². The SMILES string of the molecule is COC(=O)CC1C(O[Si](C)(C)C(C)(C)C)CCN1C. The molecule has 0 bridgehead atoms. The van der Waals surface area contributed by atoms with Crippen LogP contribution in [0.25, 0.3) is 0 Å². The van der Waals surface area contributed by atoms with Crippen molar-refractivity contribution in [3.05, 3.63) is 0 Å². The smallest absolute Gasteiger partial charge is 0.307 e. The summed E-state index contributed by atoms with van der Waals surface area (Å²) < 4.78 is 11.3. The summed E-state index contributed by atoms with van der Waals surface area (Å²) in [5, 5.41) is 0.198. The van der Waals surface area contributed by atoms with Crippen LogP contribution in [0.1, 0.15) is 33.6 Å². The van der Waals surface area contributed by atoms with E-state index in [1.165, 1.54) is 7.11 Å². The van der Waals surface area contributed by atoms with E-state index in [1.54, 1.807) is 0 Å². The van der Waals surface area contributed by atoms with Crippen molar-refractivity contribution < 1.29 is 14.0 Å². The second-order valence-electron chi connectivity index (χ2n) is 7.03. The number of hydrogen-bond acceptors (Lipinski definition) is 4. The largest absolute Gasteiger partial charge is 0.469 e. The molecule has 0 amide bonds. The fourth-order valence-corrected chi connectivity index (χ4v) is 3.59. The molecule has 1 rings (SSSR count). The third-order valence-corrected chi connectivity index (χ3v) is 9.12. The molecule has 4 nitrogen and oxygen atoms in total. The lowest BCUT2D eigenvalue weighted by Gasteiger charge is -2.40. The fourth-order valence-electron chi connectivity index (χ4n) is 2.21. The molecule has 1 heterocycles. The summed E-state index contributed by atoms with van der Waals surface area (Å²) in [7, 11) is 1.72. The van der Waals surface area contributed by atoms with Gasteiger partial charge in [0, 0.05) is 12.6 Å². The van der Waals surface area contributed by atoms with Gasteiger partial charge in [0.1, 0.15) is 0 Å². The molecule has 0 aromatic rings. The predicted molar refractivity (Wildman–Crippen MR) is 79.7 cm³/mol. The van der Waals surface area contributed by atoms with Crippen molar-refractivity contribution in [2.75, 3.05) is 20.7 Å². The van der Waals surface area contributed by atoms with E-state index in [-0.39, 0.29) is 23.2 Å². The lowest BCUT2D eigenvalue weighted by atomic mass is 10.1. The van der Waals surface area contributed by atoms with Crippen LogP contribution in [0, 0.1) is 0 Å². The predicted octanol–water partition coefficient (Wildman–Crippen LogP) is 2.64. The zero-order valence-electron chi connectivity index (χ0n) is 13.4. The van der Waals surface area contributed by atoms with Crippen LogP contribution >= 0.6 is 0 Å². The normalized spacial score (nSPS) is 25.6. The van der Waals surface area contributed by atoms with E-state index in [2.05, 4.69) is 45.8 Å². The van der Waals surface area contributed by atoms with E-state index >= 15 is 0 Å². The molecule has 0 saturated carbocycles. The van der Waals surface area contributed by atoms with Crippen LogP contribution < -0.4 is 0 Å². The van der Waals surface area contributed by atoms with Gasteiger partial charge in [-0.1, -0.05) is 20.8 Å². The summed E-state index contributed by atoms with van der Waals surface area (Å²) in [4.78, 5) is 13.7. The highest BCUT2D eigenvalue weighted by Gasteiger charge is 2.43. The van der Waals surface area contributed by atoms with Crippen LogP contribution in [0.15, 0.2) is 0 Å². The van der Waals surface area contributed by atoms with Crippen molar-refractivity contribution in [2.45, 2.75) is 63.9 Å². The molecule has 0 aromatic heterocycles. The first-order valence-corrected chi connectivity index (χ1v) is 9.94. The van der Waals surface area contributed by atoms with Gasteiger partial charge in [-0.2, -0.15) is 0 Å². The minimum atomic E-state index is -1.78. The van der Waals surface area contributed by atoms with Crippen molar-refractivity contribution in [1.29, 1.82) is 0 Å². The van der Waals surface area contributed by atoms with Gasteiger partial charge < -0.3 is 14.1 Å². The molecule has 112 valence electrons. The van der Waals surface area contributed by atoms with E-state index < -0.39 is 8.32 Å². The molecule has 1 fully saturated rings. The zero-order chi connectivity index (χ0) is 14.8. The standard InChI is InChI=1S/C14H29NO3Si/c1-14(2,3)19(6,7)18-12-8-9-15(4)11(12)10-13(16)17-5/h11-12H,8-10H2,1-7H3. The number of hydrogen-bond donors (Lipinski definition) is 0. The fraction of sp³-hybridized carbons (Fsp3) is 0.929. The Bertz CT molecular complexity index is 325. The molecule has 2 unspecified atom stereocenters. The first-order valence-electron chi connectivity index (χ1n) is 7.03. The lowest BCUT2D eigenvalue weighted by molar-refractivity contribution is -0.142. The number of likely N-dealkylation sites (N-methyl/N-ethyl adjacent to an activating group) is 1. The Morgan fingerprint density at radius 1 is 1.37 bits per heavy atom. The van der Waals surface area contributed by atoms with Crippen molar-refractivity contribution in [1.82, 2.24) is 4.90 Å². The molecule has 1 aliphatic heterocycles. The van der Waals surface area contributed by atoms with Gasteiger partial charge in [-0.3, -0.25) is 4.79 Å². The van der Waals surface area contributed by atoms with Crippen LogP contribution in [-0.2, 0) is 14.0 Å². The number of ether oxygens (including phenoxy) is 1. The van der Waals surface area contributed by atoms with Gasteiger partial charge in [0.25, 0.3) is 0 Å². The molecular formula is C14H29NO3Si. The average Bonchev–Trinajstić information content (AvgIpc) is 2.59. The Labute approximate surface area is 118 Å². The van der Waals surface area contributed by atoms with Crippen LogP contribution in [0.2, 0.25) is 18.1 Å². The Morgan fingerprint density at radius 3 is 2.42 bits per heavy atom. The topological polar surface area (TPSA) is 38.8 Å². The van der Waals surface area contributed by atoms with Crippen molar-refractivity contribution in [3.63, 3.8) is 0 Å². The molecule has 0 aromatic carbocycles.